The van der Waals surface area contributed by atoms with E-state index >= 15 is 0 Å². The molecule has 0 fully saturated rings. The second kappa shape index (κ2) is 3.87. The van der Waals surface area contributed by atoms with Gasteiger partial charge in [0.25, 0.3) is 0 Å². The van der Waals surface area contributed by atoms with Gasteiger partial charge in [-0.3, -0.25) is 4.57 Å². The van der Waals surface area contributed by atoms with Gasteiger partial charge in [-0.25, -0.2) is 0 Å². The van der Waals surface area contributed by atoms with Crippen molar-refractivity contribution in [2.75, 3.05) is 28.3 Å². The molecule has 0 aromatic heterocycles. The first-order chi connectivity index (χ1) is 4.63. The zero-order valence-corrected chi connectivity index (χ0v) is 8.05. The fraction of sp³-hybridized carbons (Fsp3) is 0.667. The Bertz CT molecular complexity index is 112. The molecule has 0 aliphatic carbocycles. The fourth-order valence-corrected chi connectivity index (χ4v) is 2.39. The van der Waals surface area contributed by atoms with Crippen molar-refractivity contribution in [1.82, 2.24) is 4.57 Å². The monoisotopic (exact) mass is 161 g/mol. The van der Waals surface area contributed by atoms with Crippen molar-refractivity contribution < 1.29 is 8.85 Å². The molecule has 0 atom stereocenters. The molecular formula is C6H15NO2Si. The van der Waals surface area contributed by atoms with Crippen LogP contribution >= 0.6 is 0 Å². The third-order valence-electron chi connectivity index (χ3n) is 1.47. The Morgan fingerprint density at radius 1 is 1.30 bits per heavy atom. The summed E-state index contributed by atoms with van der Waals surface area (Å²) in [5.74, 6) is 0. The average molecular weight is 161 g/mol. The van der Waals surface area contributed by atoms with Crippen LogP contribution in [0.25, 0.3) is 0 Å². The van der Waals surface area contributed by atoms with Gasteiger partial charge in [0.05, 0.1) is 0 Å². The predicted octanol–water partition coefficient (Wildman–Crippen LogP) is 0.505. The van der Waals surface area contributed by atoms with E-state index in [9.17, 15) is 0 Å². The molecule has 0 aromatic rings. The van der Waals surface area contributed by atoms with Gasteiger partial charge in [0.1, 0.15) is 0 Å². The Hall–Kier alpha value is -0.163. The largest absolute Gasteiger partial charge is 0.454 e. The van der Waals surface area contributed by atoms with Gasteiger partial charge in [-0.05, 0) is 19.8 Å². The number of hydrogen-bond donors (Lipinski definition) is 0. The molecule has 0 saturated carbocycles. The minimum Gasteiger partial charge on any atom is -0.383 e. The molecule has 10 heavy (non-hydrogen) atoms. The Morgan fingerprint density at radius 3 is 1.70 bits per heavy atom. The van der Waals surface area contributed by atoms with Gasteiger partial charge < -0.3 is 8.85 Å². The summed E-state index contributed by atoms with van der Waals surface area (Å²) < 4.78 is 12.4. The van der Waals surface area contributed by atoms with Crippen LogP contribution in [0.4, 0.5) is 0 Å². The summed E-state index contributed by atoms with van der Waals surface area (Å²) in [5, 5.41) is 0. The maximum atomic E-state index is 5.22. The second-order valence-electron chi connectivity index (χ2n) is 2.14. The van der Waals surface area contributed by atoms with Crippen molar-refractivity contribution in [1.29, 1.82) is 0 Å². The topological polar surface area (TPSA) is 21.7 Å². The molecule has 0 amide bonds. The van der Waals surface area contributed by atoms with Crippen LogP contribution in [0.3, 0.4) is 0 Å². The number of nitrogens with zero attached hydrogens (tertiary/aromatic N) is 1. The van der Waals surface area contributed by atoms with Crippen LogP contribution in [0.5, 0.6) is 0 Å². The van der Waals surface area contributed by atoms with Gasteiger partial charge in [-0.2, -0.15) is 0 Å². The van der Waals surface area contributed by atoms with Crippen LogP contribution in [0.1, 0.15) is 0 Å². The van der Waals surface area contributed by atoms with Crippen molar-refractivity contribution >= 4 is 8.72 Å². The maximum Gasteiger partial charge on any atom is 0.454 e. The van der Waals surface area contributed by atoms with Crippen LogP contribution in [0, 0.1) is 0 Å². The van der Waals surface area contributed by atoms with Crippen LogP contribution in [0.2, 0.25) is 0 Å². The van der Waals surface area contributed by atoms with E-state index in [4.69, 9.17) is 8.85 Å². The minimum atomic E-state index is -2.20. The van der Waals surface area contributed by atoms with E-state index in [-0.39, 0.29) is 0 Å². The van der Waals surface area contributed by atoms with E-state index in [0.717, 1.165) is 0 Å². The van der Waals surface area contributed by atoms with Gasteiger partial charge in [0, 0.05) is 14.2 Å². The molecule has 0 spiro atoms. The standard InChI is InChI=1S/C6H15NO2Si/c1-6-10(8-4,9-5)7(2)3/h6H,1H2,2-5H3. The molecule has 0 unspecified atom stereocenters. The molecule has 60 valence electrons. The highest BCUT2D eigenvalue weighted by Crippen LogP contribution is 2.07. The van der Waals surface area contributed by atoms with Crippen molar-refractivity contribution in [3.05, 3.63) is 12.3 Å². The molecule has 0 aliphatic rings. The third-order valence-corrected chi connectivity index (χ3v) is 4.40. The molecule has 3 nitrogen and oxygen atoms in total. The lowest BCUT2D eigenvalue weighted by molar-refractivity contribution is 0.202. The van der Waals surface area contributed by atoms with Crippen molar-refractivity contribution in [3.63, 3.8) is 0 Å². The summed E-state index contributed by atoms with van der Waals surface area (Å²) in [5.41, 5.74) is 1.74. The van der Waals surface area contributed by atoms with Crippen LogP contribution in [-0.2, 0) is 8.85 Å². The molecule has 0 radical (unpaired) electrons. The van der Waals surface area contributed by atoms with E-state index in [1.807, 2.05) is 18.7 Å². The highest BCUT2D eigenvalue weighted by molar-refractivity contribution is 6.69. The molecule has 4 heteroatoms. The summed E-state index contributed by atoms with van der Waals surface area (Å²) in [6.07, 6.45) is 0. The summed E-state index contributed by atoms with van der Waals surface area (Å²) in [7, 11) is 4.91. The molecule has 0 N–H and O–H groups in total. The Balaban J connectivity index is 4.30. The maximum absolute atomic E-state index is 5.22. The Kier molecular flexibility index (Phi) is 3.81. The molecule has 0 heterocycles. The molecule has 0 aromatic carbocycles. The first-order valence-electron chi connectivity index (χ1n) is 3.04. The predicted molar refractivity (Wildman–Crippen MR) is 43.7 cm³/mol. The summed E-state index contributed by atoms with van der Waals surface area (Å²) >= 11 is 0. The van der Waals surface area contributed by atoms with Crippen molar-refractivity contribution in [3.8, 4) is 0 Å². The summed E-state index contributed by atoms with van der Waals surface area (Å²) in [6.45, 7) is 3.67. The molecule has 0 bridgehead atoms. The first-order valence-corrected chi connectivity index (χ1v) is 4.88. The number of rotatable bonds is 4. The van der Waals surface area contributed by atoms with E-state index in [2.05, 4.69) is 6.58 Å². The van der Waals surface area contributed by atoms with E-state index in [1.54, 1.807) is 19.9 Å². The van der Waals surface area contributed by atoms with Gasteiger partial charge in [-0.15, -0.1) is 6.58 Å². The summed E-state index contributed by atoms with van der Waals surface area (Å²) in [4.78, 5) is 0. The normalized spacial score (nSPS) is 12.1. The summed E-state index contributed by atoms with van der Waals surface area (Å²) in [6, 6.07) is 0. The Morgan fingerprint density at radius 2 is 1.70 bits per heavy atom. The van der Waals surface area contributed by atoms with E-state index in [0.29, 0.717) is 0 Å². The van der Waals surface area contributed by atoms with E-state index < -0.39 is 8.72 Å². The van der Waals surface area contributed by atoms with Crippen molar-refractivity contribution in [2.24, 2.45) is 0 Å². The molecule has 0 aliphatic heterocycles. The van der Waals surface area contributed by atoms with Gasteiger partial charge in [-0.1, -0.05) is 0 Å². The Labute approximate surface area is 63.6 Å². The minimum absolute atomic E-state index is 1.64. The van der Waals surface area contributed by atoms with E-state index in [1.165, 1.54) is 0 Å². The lowest BCUT2D eigenvalue weighted by atomic mass is 11.2. The lowest BCUT2D eigenvalue weighted by Gasteiger charge is -2.29. The van der Waals surface area contributed by atoms with Crippen LogP contribution in [-0.4, -0.2) is 41.6 Å². The first kappa shape index (κ1) is 9.84. The molecule has 0 saturated heterocycles. The molecular weight excluding hydrogens is 146 g/mol. The smallest absolute Gasteiger partial charge is 0.383 e. The zero-order valence-electron chi connectivity index (χ0n) is 7.05. The van der Waals surface area contributed by atoms with Crippen LogP contribution < -0.4 is 0 Å². The highest BCUT2D eigenvalue weighted by atomic mass is 28.4. The van der Waals surface area contributed by atoms with Gasteiger partial charge in [0.15, 0.2) is 0 Å². The van der Waals surface area contributed by atoms with Gasteiger partial charge >= 0.3 is 8.72 Å². The quantitative estimate of drug-likeness (QED) is 0.561. The molecule has 0 rings (SSSR count). The third kappa shape index (κ3) is 1.66. The van der Waals surface area contributed by atoms with Gasteiger partial charge in [0.2, 0.25) is 0 Å². The zero-order chi connectivity index (χ0) is 8.20. The lowest BCUT2D eigenvalue weighted by Crippen LogP contribution is -2.52. The fourth-order valence-electron chi connectivity index (χ4n) is 0.798. The number of hydrogen-bond acceptors (Lipinski definition) is 3. The highest BCUT2D eigenvalue weighted by Gasteiger charge is 2.35. The second-order valence-corrected chi connectivity index (χ2v) is 5.52. The SMILES string of the molecule is C=C[Si](OC)(OC)N(C)C. The average Bonchev–Trinajstić information content (AvgIpc) is 1.92. The van der Waals surface area contributed by atoms with Crippen molar-refractivity contribution in [2.45, 2.75) is 0 Å². The van der Waals surface area contributed by atoms with Crippen LogP contribution in [0.15, 0.2) is 12.3 Å².